The first-order chi connectivity index (χ1) is 25.1. The lowest BCUT2D eigenvalue weighted by atomic mass is 10.0. The Balaban J connectivity index is 4.37. The highest BCUT2D eigenvalue weighted by atomic mass is 31.2. The van der Waals surface area contributed by atoms with Crippen molar-refractivity contribution >= 4 is 25.7 Å². The Hall–Kier alpha value is -1.78. The van der Waals surface area contributed by atoms with Crippen LogP contribution in [0.2, 0.25) is 0 Å². The smallest absolute Gasteiger partial charge is 0.472 e. The average Bonchev–Trinajstić information content (AvgIpc) is 3.12. The number of carboxylic acid groups (broad SMARTS) is 1. The van der Waals surface area contributed by atoms with Gasteiger partial charge in [0.2, 0.25) is 0 Å². The zero-order valence-electron chi connectivity index (χ0n) is 32.9. The molecule has 0 aliphatic carbocycles. The molecule has 0 rings (SSSR count). The Kier molecular flexibility index (Phi) is 35.0. The van der Waals surface area contributed by atoms with Gasteiger partial charge in [-0.05, 0) is 38.5 Å². The van der Waals surface area contributed by atoms with E-state index in [-0.39, 0.29) is 19.4 Å². The molecule has 0 aliphatic rings. The summed E-state index contributed by atoms with van der Waals surface area (Å²) < 4.78 is 32.6. The number of carbonyl (C=O) groups is 3. The van der Waals surface area contributed by atoms with Gasteiger partial charge in [0, 0.05) is 12.8 Å². The zero-order chi connectivity index (χ0) is 38.5. The molecule has 0 saturated heterocycles. The number of nitrogens with two attached hydrogens (primary N) is 1. The fraction of sp³-hybridized carbons (Fsp3) is 0.875. The maximum absolute atomic E-state index is 12.6. The van der Waals surface area contributed by atoms with E-state index in [1.165, 1.54) is 96.3 Å². The van der Waals surface area contributed by atoms with E-state index in [0.29, 0.717) is 12.8 Å². The second-order valence-electron chi connectivity index (χ2n) is 14.1. The summed E-state index contributed by atoms with van der Waals surface area (Å²) in [4.78, 5) is 45.8. The second-order valence-corrected chi connectivity index (χ2v) is 15.6. The minimum Gasteiger partial charge on any atom is -0.480 e. The van der Waals surface area contributed by atoms with Crippen LogP contribution in [0, 0.1) is 0 Å². The molecule has 306 valence electrons. The van der Waals surface area contributed by atoms with Crippen LogP contribution < -0.4 is 5.73 Å². The number of hydrogen-bond acceptors (Lipinski definition) is 9. The van der Waals surface area contributed by atoms with E-state index in [4.69, 9.17) is 24.8 Å². The van der Waals surface area contributed by atoms with E-state index in [1.54, 1.807) is 0 Å². The van der Waals surface area contributed by atoms with Crippen LogP contribution in [0.4, 0.5) is 0 Å². The maximum atomic E-state index is 12.6. The largest absolute Gasteiger partial charge is 0.480 e. The van der Waals surface area contributed by atoms with Crippen LogP contribution >= 0.6 is 7.82 Å². The summed E-state index contributed by atoms with van der Waals surface area (Å²) in [6.45, 7) is 2.78. The first kappa shape index (κ1) is 50.2. The molecule has 12 heteroatoms. The minimum absolute atomic E-state index is 0.165. The molecule has 0 aromatic rings. The van der Waals surface area contributed by atoms with Gasteiger partial charge in [0.15, 0.2) is 6.10 Å². The Morgan fingerprint density at radius 3 is 1.44 bits per heavy atom. The molecule has 0 aliphatic heterocycles. The van der Waals surface area contributed by atoms with Gasteiger partial charge in [0.25, 0.3) is 0 Å². The standard InChI is InChI=1S/C40H76NO10P/c1-3-5-7-9-11-13-15-17-18-19-20-22-24-26-28-30-32-39(43)51-36(34-49-52(46,47)50-35-37(41)40(44)45)33-48-38(42)31-29-27-25-23-21-16-14-12-10-8-6-4-2/h12,14,36-37H,3-11,13,15-35,41H2,1-2H3,(H,44,45)(H,46,47)/b14-12+/t36-,37+/m1/s1. The normalized spacial score (nSPS) is 13.9. The molecule has 1 unspecified atom stereocenters. The third-order valence-corrected chi connectivity index (χ3v) is 9.96. The third kappa shape index (κ3) is 35.3. The topological polar surface area (TPSA) is 172 Å². The fourth-order valence-corrected chi connectivity index (χ4v) is 6.48. The van der Waals surface area contributed by atoms with E-state index < -0.39 is 51.1 Å². The van der Waals surface area contributed by atoms with Gasteiger partial charge in [-0.25, -0.2) is 4.57 Å². The third-order valence-electron chi connectivity index (χ3n) is 9.01. The lowest BCUT2D eigenvalue weighted by molar-refractivity contribution is -0.161. The van der Waals surface area contributed by atoms with Crippen molar-refractivity contribution in [3.05, 3.63) is 12.2 Å². The first-order valence-electron chi connectivity index (χ1n) is 20.7. The van der Waals surface area contributed by atoms with E-state index in [9.17, 15) is 23.8 Å². The summed E-state index contributed by atoms with van der Waals surface area (Å²) in [6.07, 6.45) is 34.2. The van der Waals surface area contributed by atoms with Crippen molar-refractivity contribution in [3.63, 3.8) is 0 Å². The molecule has 0 radical (unpaired) electrons. The Labute approximate surface area is 316 Å². The minimum atomic E-state index is -4.71. The molecular weight excluding hydrogens is 685 g/mol. The van der Waals surface area contributed by atoms with Gasteiger partial charge < -0.3 is 25.2 Å². The van der Waals surface area contributed by atoms with Crippen molar-refractivity contribution in [2.24, 2.45) is 5.73 Å². The summed E-state index contributed by atoms with van der Waals surface area (Å²) >= 11 is 0. The van der Waals surface area contributed by atoms with Crippen LogP contribution in [-0.4, -0.2) is 59.9 Å². The number of unbranched alkanes of at least 4 members (excludes halogenated alkanes) is 23. The first-order valence-corrected chi connectivity index (χ1v) is 22.2. The number of aliphatic carboxylic acids is 1. The molecule has 0 bridgehead atoms. The highest BCUT2D eigenvalue weighted by molar-refractivity contribution is 7.47. The Morgan fingerprint density at radius 1 is 0.577 bits per heavy atom. The molecule has 0 aromatic carbocycles. The van der Waals surface area contributed by atoms with Crippen LogP contribution in [0.15, 0.2) is 12.2 Å². The van der Waals surface area contributed by atoms with Gasteiger partial charge in [-0.1, -0.05) is 154 Å². The van der Waals surface area contributed by atoms with Crippen LogP contribution in [0.5, 0.6) is 0 Å². The number of carboxylic acids is 1. The predicted octanol–water partition coefficient (Wildman–Crippen LogP) is 10.5. The highest BCUT2D eigenvalue weighted by Gasteiger charge is 2.28. The molecule has 11 nitrogen and oxygen atoms in total. The molecule has 0 fully saturated rings. The monoisotopic (exact) mass is 762 g/mol. The van der Waals surface area contributed by atoms with Crippen LogP contribution in [-0.2, 0) is 37.5 Å². The maximum Gasteiger partial charge on any atom is 0.472 e. The number of hydrogen-bond donors (Lipinski definition) is 3. The van der Waals surface area contributed by atoms with Crippen molar-refractivity contribution in [2.45, 2.75) is 206 Å². The van der Waals surface area contributed by atoms with E-state index >= 15 is 0 Å². The van der Waals surface area contributed by atoms with E-state index in [2.05, 4.69) is 30.5 Å². The summed E-state index contributed by atoms with van der Waals surface area (Å²) in [5.74, 6) is -2.38. The van der Waals surface area contributed by atoms with E-state index in [1.807, 2.05) is 0 Å². The molecule has 0 heterocycles. The number of allylic oxidation sites excluding steroid dienone is 2. The number of phosphoric ester groups is 1. The number of ether oxygens (including phenoxy) is 2. The van der Waals surface area contributed by atoms with Crippen molar-refractivity contribution in [1.29, 1.82) is 0 Å². The van der Waals surface area contributed by atoms with Gasteiger partial charge in [0.05, 0.1) is 13.2 Å². The van der Waals surface area contributed by atoms with Gasteiger partial charge in [-0.3, -0.25) is 23.4 Å². The molecular formula is C40H76NO10P. The molecule has 4 N–H and O–H groups in total. The quantitative estimate of drug-likeness (QED) is 0.0235. The van der Waals surface area contributed by atoms with E-state index in [0.717, 1.165) is 57.8 Å². The van der Waals surface area contributed by atoms with Gasteiger partial charge in [0.1, 0.15) is 12.6 Å². The number of carbonyl (C=O) groups excluding carboxylic acids is 2. The summed E-state index contributed by atoms with van der Waals surface area (Å²) in [5.41, 5.74) is 5.32. The average molecular weight is 762 g/mol. The second kappa shape index (κ2) is 36.2. The van der Waals surface area contributed by atoms with Gasteiger partial charge in [-0.15, -0.1) is 0 Å². The van der Waals surface area contributed by atoms with Gasteiger partial charge in [-0.2, -0.15) is 0 Å². The summed E-state index contributed by atoms with van der Waals surface area (Å²) in [5, 5.41) is 8.87. The number of esters is 2. The van der Waals surface area contributed by atoms with Crippen molar-refractivity contribution < 1.29 is 47.5 Å². The summed E-state index contributed by atoms with van der Waals surface area (Å²) in [6, 6.07) is -1.52. The number of rotatable bonds is 39. The van der Waals surface area contributed by atoms with Crippen molar-refractivity contribution in [3.8, 4) is 0 Å². The fourth-order valence-electron chi connectivity index (χ4n) is 5.71. The van der Waals surface area contributed by atoms with Crippen molar-refractivity contribution in [2.75, 3.05) is 19.8 Å². The molecule has 0 saturated carbocycles. The van der Waals surface area contributed by atoms with Crippen LogP contribution in [0.25, 0.3) is 0 Å². The lowest BCUT2D eigenvalue weighted by Crippen LogP contribution is -2.34. The van der Waals surface area contributed by atoms with Crippen LogP contribution in [0.1, 0.15) is 194 Å². The predicted molar refractivity (Wildman–Crippen MR) is 208 cm³/mol. The van der Waals surface area contributed by atoms with Crippen molar-refractivity contribution in [1.82, 2.24) is 0 Å². The molecule has 3 atom stereocenters. The van der Waals surface area contributed by atoms with Gasteiger partial charge >= 0.3 is 25.7 Å². The van der Waals surface area contributed by atoms with Crippen LogP contribution in [0.3, 0.4) is 0 Å². The highest BCUT2D eigenvalue weighted by Crippen LogP contribution is 2.43. The molecule has 52 heavy (non-hydrogen) atoms. The molecule has 0 aromatic heterocycles. The summed E-state index contributed by atoms with van der Waals surface area (Å²) in [7, 11) is -4.71. The number of phosphoric acid groups is 1. The molecule has 0 spiro atoms. The SMILES string of the molecule is CCCCC/C=C/CCCCCCCC(=O)OC[C@H](COP(=O)(O)OC[C@H](N)C(=O)O)OC(=O)CCCCCCCCCCCCCCCCCC. The Morgan fingerprint density at radius 2 is 0.962 bits per heavy atom. The lowest BCUT2D eigenvalue weighted by Gasteiger charge is -2.20. The molecule has 0 amide bonds. The Bertz CT molecular complexity index is 947. The zero-order valence-corrected chi connectivity index (χ0v) is 33.8.